The highest BCUT2D eigenvalue weighted by molar-refractivity contribution is 5.84. The summed E-state index contributed by atoms with van der Waals surface area (Å²) in [6.45, 7) is 2.44. The van der Waals surface area contributed by atoms with E-state index in [9.17, 15) is 4.79 Å². The van der Waals surface area contributed by atoms with Gasteiger partial charge in [0.15, 0.2) is 5.96 Å². The first-order valence-electron chi connectivity index (χ1n) is 4.16. The Morgan fingerprint density at radius 3 is 3.00 bits per heavy atom. The summed E-state index contributed by atoms with van der Waals surface area (Å²) in [5.74, 6) is 0.947. The van der Waals surface area contributed by atoms with Gasteiger partial charge >= 0.3 is 0 Å². The Bertz CT molecular complexity index is 225. The Labute approximate surface area is 70.6 Å². The first-order chi connectivity index (χ1) is 5.84. The highest BCUT2D eigenvalue weighted by atomic mass is 16.1. The first-order valence-corrected chi connectivity index (χ1v) is 4.16. The van der Waals surface area contributed by atoms with Crippen LogP contribution in [0.1, 0.15) is 6.42 Å². The zero-order valence-corrected chi connectivity index (χ0v) is 6.76. The lowest BCUT2D eigenvalue weighted by Crippen LogP contribution is -2.41. The minimum atomic E-state index is 0.117. The molecule has 66 valence electrons. The molecule has 1 unspecified atom stereocenters. The van der Waals surface area contributed by atoms with Crippen LogP contribution in [-0.2, 0) is 4.79 Å². The largest absolute Gasteiger partial charge is 0.355 e. The maximum atomic E-state index is 10.8. The highest BCUT2D eigenvalue weighted by Gasteiger charge is 2.22. The van der Waals surface area contributed by atoms with E-state index in [1.54, 1.807) is 0 Å². The van der Waals surface area contributed by atoms with Crippen LogP contribution in [0.25, 0.3) is 0 Å². The predicted molar refractivity (Wildman–Crippen MR) is 44.9 cm³/mol. The summed E-state index contributed by atoms with van der Waals surface area (Å²) in [4.78, 5) is 15.0. The molecule has 0 aromatic carbocycles. The van der Waals surface area contributed by atoms with E-state index >= 15 is 0 Å². The zero-order chi connectivity index (χ0) is 8.39. The fourth-order valence-corrected chi connectivity index (χ4v) is 1.40. The van der Waals surface area contributed by atoms with Gasteiger partial charge < -0.3 is 16.0 Å². The number of nitrogens with zero attached hydrogens (tertiary/aromatic N) is 1. The Morgan fingerprint density at radius 2 is 2.42 bits per heavy atom. The van der Waals surface area contributed by atoms with Crippen molar-refractivity contribution in [2.45, 2.75) is 12.5 Å². The summed E-state index contributed by atoms with van der Waals surface area (Å²) in [7, 11) is 0. The molecule has 0 aromatic rings. The van der Waals surface area contributed by atoms with Crippen LogP contribution in [-0.4, -0.2) is 37.5 Å². The van der Waals surface area contributed by atoms with Gasteiger partial charge in [0.05, 0.1) is 12.6 Å². The molecule has 0 aliphatic carbocycles. The van der Waals surface area contributed by atoms with Crippen molar-refractivity contribution in [2.24, 2.45) is 4.99 Å². The standard InChI is InChI=1S/C7H12N4O/c12-6-3-5(4-10-6)11-7-8-1-2-9-7/h5H,1-4H2,(H,10,12)(H2,8,9,11). The van der Waals surface area contributed by atoms with Crippen molar-refractivity contribution >= 4 is 11.9 Å². The van der Waals surface area contributed by atoms with Crippen LogP contribution in [0.4, 0.5) is 0 Å². The lowest BCUT2D eigenvalue weighted by molar-refractivity contribution is -0.119. The van der Waals surface area contributed by atoms with E-state index in [2.05, 4.69) is 20.9 Å². The van der Waals surface area contributed by atoms with Crippen LogP contribution in [0.2, 0.25) is 0 Å². The second-order valence-corrected chi connectivity index (χ2v) is 3.01. The number of amides is 1. The third kappa shape index (κ3) is 1.49. The molecule has 2 aliphatic rings. The summed E-state index contributed by atoms with van der Waals surface area (Å²) >= 11 is 0. The number of carbonyl (C=O) groups excluding carboxylic acids is 1. The van der Waals surface area contributed by atoms with Gasteiger partial charge in [-0.2, -0.15) is 0 Å². The number of hydrogen-bond donors (Lipinski definition) is 3. The molecule has 12 heavy (non-hydrogen) atoms. The predicted octanol–water partition coefficient (Wildman–Crippen LogP) is -1.58. The third-order valence-corrected chi connectivity index (χ3v) is 1.99. The van der Waals surface area contributed by atoms with Crippen LogP contribution >= 0.6 is 0 Å². The summed E-state index contributed by atoms with van der Waals surface area (Å²) in [5, 5.41) is 9.02. The Balaban J connectivity index is 1.83. The second kappa shape index (κ2) is 3.00. The van der Waals surface area contributed by atoms with E-state index in [4.69, 9.17) is 0 Å². The maximum Gasteiger partial charge on any atom is 0.222 e. The number of carbonyl (C=O) groups is 1. The van der Waals surface area contributed by atoms with Crippen molar-refractivity contribution in [3.8, 4) is 0 Å². The molecule has 1 amide bonds. The van der Waals surface area contributed by atoms with Gasteiger partial charge in [-0.3, -0.25) is 9.79 Å². The van der Waals surface area contributed by atoms with Gasteiger partial charge in [-0.15, -0.1) is 0 Å². The summed E-state index contributed by atoms with van der Waals surface area (Å²) in [6.07, 6.45) is 0.556. The molecule has 1 saturated heterocycles. The summed E-state index contributed by atoms with van der Waals surface area (Å²) < 4.78 is 0. The molecule has 1 atom stereocenters. The first kappa shape index (κ1) is 7.39. The molecule has 0 radical (unpaired) electrons. The number of nitrogens with one attached hydrogen (secondary N) is 3. The van der Waals surface area contributed by atoms with Gasteiger partial charge in [0, 0.05) is 19.5 Å². The SMILES string of the molecule is O=C1CC(NC2=NCCN2)CN1. The molecule has 0 bridgehead atoms. The second-order valence-electron chi connectivity index (χ2n) is 3.01. The van der Waals surface area contributed by atoms with E-state index in [0.717, 1.165) is 19.0 Å². The fourth-order valence-electron chi connectivity index (χ4n) is 1.40. The van der Waals surface area contributed by atoms with Crippen molar-refractivity contribution in [2.75, 3.05) is 19.6 Å². The third-order valence-electron chi connectivity index (χ3n) is 1.99. The van der Waals surface area contributed by atoms with E-state index in [-0.39, 0.29) is 11.9 Å². The lowest BCUT2D eigenvalue weighted by Gasteiger charge is -2.10. The van der Waals surface area contributed by atoms with Gasteiger partial charge in [0.2, 0.25) is 5.91 Å². The van der Waals surface area contributed by atoms with Crippen LogP contribution in [0, 0.1) is 0 Å². The molecule has 5 heteroatoms. The topological polar surface area (TPSA) is 65.5 Å². The minimum absolute atomic E-state index is 0.117. The van der Waals surface area contributed by atoms with Gasteiger partial charge in [-0.25, -0.2) is 0 Å². The number of rotatable bonds is 1. The molecule has 0 aromatic heterocycles. The Kier molecular flexibility index (Phi) is 1.85. The van der Waals surface area contributed by atoms with Crippen LogP contribution < -0.4 is 16.0 Å². The van der Waals surface area contributed by atoms with Gasteiger partial charge in [-0.1, -0.05) is 0 Å². The van der Waals surface area contributed by atoms with E-state index < -0.39 is 0 Å². The molecule has 5 nitrogen and oxygen atoms in total. The van der Waals surface area contributed by atoms with Crippen molar-refractivity contribution in [3.05, 3.63) is 0 Å². The molecule has 1 fully saturated rings. The molecular formula is C7H12N4O. The van der Waals surface area contributed by atoms with Crippen molar-refractivity contribution in [3.63, 3.8) is 0 Å². The number of guanidine groups is 1. The maximum absolute atomic E-state index is 10.8. The smallest absolute Gasteiger partial charge is 0.222 e. The average Bonchev–Trinajstić information content (AvgIpc) is 2.63. The normalized spacial score (nSPS) is 27.8. The number of aliphatic imine (C=N–C) groups is 1. The van der Waals surface area contributed by atoms with Crippen LogP contribution in [0.15, 0.2) is 4.99 Å². The minimum Gasteiger partial charge on any atom is -0.355 e. The molecule has 2 heterocycles. The molecule has 0 saturated carbocycles. The van der Waals surface area contributed by atoms with E-state index in [1.807, 2.05) is 0 Å². The summed E-state index contributed by atoms with van der Waals surface area (Å²) in [5.41, 5.74) is 0. The monoisotopic (exact) mass is 168 g/mol. The lowest BCUT2D eigenvalue weighted by atomic mass is 10.3. The van der Waals surface area contributed by atoms with E-state index in [1.165, 1.54) is 0 Å². The van der Waals surface area contributed by atoms with Gasteiger partial charge in [0.1, 0.15) is 0 Å². The fraction of sp³-hybridized carbons (Fsp3) is 0.714. The van der Waals surface area contributed by atoms with Crippen LogP contribution in [0.5, 0.6) is 0 Å². The zero-order valence-electron chi connectivity index (χ0n) is 6.76. The van der Waals surface area contributed by atoms with Crippen molar-refractivity contribution < 1.29 is 4.79 Å². The van der Waals surface area contributed by atoms with Crippen molar-refractivity contribution in [1.82, 2.24) is 16.0 Å². The Morgan fingerprint density at radius 1 is 1.50 bits per heavy atom. The van der Waals surface area contributed by atoms with Gasteiger partial charge in [0.25, 0.3) is 0 Å². The number of hydrogen-bond acceptors (Lipinski definition) is 4. The molecule has 0 spiro atoms. The molecular weight excluding hydrogens is 156 g/mol. The molecule has 3 N–H and O–H groups in total. The van der Waals surface area contributed by atoms with Crippen LogP contribution in [0.3, 0.4) is 0 Å². The molecule has 2 aliphatic heterocycles. The Hall–Kier alpha value is -1.26. The van der Waals surface area contributed by atoms with Gasteiger partial charge in [-0.05, 0) is 0 Å². The average molecular weight is 168 g/mol. The molecule has 2 rings (SSSR count). The van der Waals surface area contributed by atoms with Crippen molar-refractivity contribution in [1.29, 1.82) is 0 Å². The summed E-state index contributed by atoms with van der Waals surface area (Å²) in [6, 6.07) is 0.210. The van der Waals surface area contributed by atoms with E-state index in [0.29, 0.717) is 13.0 Å². The highest BCUT2D eigenvalue weighted by Crippen LogP contribution is 1.99. The quantitative estimate of drug-likeness (QED) is 0.443.